The van der Waals surface area contributed by atoms with Crippen LogP contribution in [-0.4, -0.2) is 36.7 Å². The largest absolute Gasteiger partial charge is 0.434 e. The lowest BCUT2D eigenvalue weighted by Crippen LogP contribution is -2.43. The van der Waals surface area contributed by atoms with Crippen molar-refractivity contribution in [3.63, 3.8) is 0 Å². The zero-order valence-electron chi connectivity index (χ0n) is 14.7. The summed E-state index contributed by atoms with van der Waals surface area (Å²) in [7, 11) is 0. The maximum absolute atomic E-state index is 13.9. The van der Waals surface area contributed by atoms with E-state index in [0.29, 0.717) is 19.0 Å². The summed E-state index contributed by atoms with van der Waals surface area (Å²) in [6, 6.07) is 3.82. The summed E-state index contributed by atoms with van der Waals surface area (Å²) in [5.41, 5.74) is -0.000806. The smallest absolute Gasteiger partial charge is 0.387 e. The summed E-state index contributed by atoms with van der Waals surface area (Å²) in [4.78, 5) is 4.27. The van der Waals surface area contributed by atoms with Gasteiger partial charge >= 0.3 is 6.61 Å². The number of ether oxygens (including phenoxy) is 1. The molecule has 0 bridgehead atoms. The van der Waals surface area contributed by atoms with Crippen molar-refractivity contribution in [3.8, 4) is 5.75 Å². The number of nitrogens with one attached hydrogen (secondary N) is 2. The number of guanidine groups is 1. The quantitative estimate of drug-likeness (QED) is 0.325. The van der Waals surface area contributed by atoms with Crippen molar-refractivity contribution in [1.29, 1.82) is 0 Å². The van der Waals surface area contributed by atoms with Gasteiger partial charge in [-0.15, -0.1) is 24.0 Å². The minimum absolute atomic E-state index is 0. The molecule has 1 rings (SSSR count). The normalized spacial score (nSPS) is 11.9. The molecule has 0 aromatic heterocycles. The molecule has 2 N–H and O–H groups in total. The Balaban J connectivity index is 0.00000576. The van der Waals surface area contributed by atoms with Crippen molar-refractivity contribution in [1.82, 2.24) is 10.6 Å². The molecule has 4 nitrogen and oxygen atoms in total. The monoisotopic (exact) mass is 491 g/mol. The third kappa shape index (κ3) is 8.89. The summed E-state index contributed by atoms with van der Waals surface area (Å²) in [5.74, 6) is -0.336. The SMILES string of the molecule is CCNC(=NCc1c(F)cccc1OC(F)F)NCC(C)(C)SC.I. The molecule has 0 spiro atoms. The third-order valence-corrected chi connectivity index (χ3v) is 4.52. The second-order valence-electron chi connectivity index (χ2n) is 5.61. The summed E-state index contributed by atoms with van der Waals surface area (Å²) >= 11 is 1.70. The fourth-order valence-corrected chi connectivity index (χ4v) is 1.98. The van der Waals surface area contributed by atoms with Gasteiger partial charge in [-0.25, -0.2) is 9.38 Å². The highest BCUT2D eigenvalue weighted by atomic mass is 127. The number of thioether (sulfide) groups is 1. The van der Waals surface area contributed by atoms with Gasteiger partial charge in [0, 0.05) is 17.8 Å². The van der Waals surface area contributed by atoms with E-state index >= 15 is 0 Å². The van der Waals surface area contributed by atoms with Crippen molar-refractivity contribution in [2.75, 3.05) is 19.3 Å². The lowest BCUT2D eigenvalue weighted by atomic mass is 10.2. The molecule has 0 aliphatic rings. The van der Waals surface area contributed by atoms with Crippen LogP contribution in [0.25, 0.3) is 0 Å². The van der Waals surface area contributed by atoms with Gasteiger partial charge in [0.1, 0.15) is 11.6 Å². The van der Waals surface area contributed by atoms with E-state index in [1.54, 1.807) is 11.8 Å². The fourth-order valence-electron chi connectivity index (χ4n) is 1.77. The lowest BCUT2D eigenvalue weighted by Gasteiger charge is -2.23. The van der Waals surface area contributed by atoms with Gasteiger partial charge < -0.3 is 15.4 Å². The molecular formula is C16H25F3IN3OS. The van der Waals surface area contributed by atoms with Crippen molar-refractivity contribution in [2.24, 2.45) is 4.99 Å². The Kier molecular flexibility index (Phi) is 11.3. The van der Waals surface area contributed by atoms with Crippen LogP contribution in [0, 0.1) is 5.82 Å². The first-order valence-electron chi connectivity index (χ1n) is 7.58. The van der Waals surface area contributed by atoms with Crippen molar-refractivity contribution in [3.05, 3.63) is 29.6 Å². The van der Waals surface area contributed by atoms with Crippen molar-refractivity contribution < 1.29 is 17.9 Å². The van der Waals surface area contributed by atoms with Crippen LogP contribution in [0.3, 0.4) is 0 Å². The maximum Gasteiger partial charge on any atom is 0.387 e. The molecule has 25 heavy (non-hydrogen) atoms. The highest BCUT2D eigenvalue weighted by Crippen LogP contribution is 2.24. The minimum atomic E-state index is -3.01. The summed E-state index contributed by atoms with van der Waals surface area (Å²) < 4.78 is 43.2. The van der Waals surface area contributed by atoms with Gasteiger partial charge in [0.05, 0.1) is 12.1 Å². The Morgan fingerprint density at radius 2 is 2.00 bits per heavy atom. The molecule has 0 unspecified atom stereocenters. The van der Waals surface area contributed by atoms with Gasteiger partial charge in [0.2, 0.25) is 0 Å². The molecule has 1 aromatic carbocycles. The number of rotatable bonds is 8. The second kappa shape index (κ2) is 11.7. The number of halogens is 4. The number of hydrogen-bond donors (Lipinski definition) is 2. The predicted molar refractivity (Wildman–Crippen MR) is 109 cm³/mol. The van der Waals surface area contributed by atoms with Crippen LogP contribution >= 0.6 is 35.7 Å². The Morgan fingerprint density at radius 3 is 2.56 bits per heavy atom. The first-order chi connectivity index (χ1) is 11.3. The third-order valence-electron chi connectivity index (χ3n) is 3.27. The van der Waals surface area contributed by atoms with E-state index < -0.39 is 12.4 Å². The minimum Gasteiger partial charge on any atom is -0.434 e. The highest BCUT2D eigenvalue weighted by molar-refractivity contribution is 14.0. The van der Waals surface area contributed by atoms with Gasteiger partial charge in [0.15, 0.2) is 5.96 Å². The van der Waals surface area contributed by atoms with Crippen molar-refractivity contribution >= 4 is 41.7 Å². The van der Waals surface area contributed by atoms with Crippen LogP contribution in [0.1, 0.15) is 26.3 Å². The highest BCUT2D eigenvalue weighted by Gasteiger charge is 2.17. The van der Waals surface area contributed by atoms with Gasteiger partial charge in [0.25, 0.3) is 0 Å². The maximum atomic E-state index is 13.9. The predicted octanol–water partition coefficient (Wildman–Crippen LogP) is 4.24. The van der Waals surface area contributed by atoms with Crippen LogP contribution in [-0.2, 0) is 6.54 Å². The van der Waals surface area contributed by atoms with E-state index in [-0.39, 0.29) is 46.6 Å². The molecule has 0 atom stereocenters. The van der Waals surface area contributed by atoms with Gasteiger partial charge in [-0.1, -0.05) is 6.07 Å². The molecular weight excluding hydrogens is 466 g/mol. The average Bonchev–Trinajstić information content (AvgIpc) is 2.51. The first-order valence-corrected chi connectivity index (χ1v) is 8.81. The molecule has 0 saturated heterocycles. The van der Waals surface area contributed by atoms with E-state index in [4.69, 9.17) is 0 Å². The van der Waals surface area contributed by atoms with Gasteiger partial charge in [-0.3, -0.25) is 0 Å². The summed E-state index contributed by atoms with van der Waals surface area (Å²) in [5, 5.41) is 6.22. The van der Waals surface area contributed by atoms with Crippen LogP contribution in [0.4, 0.5) is 13.2 Å². The molecule has 1 aromatic rings. The zero-order valence-corrected chi connectivity index (χ0v) is 17.9. The molecule has 0 aliphatic heterocycles. The Labute approximate surface area is 168 Å². The van der Waals surface area contributed by atoms with Gasteiger partial charge in [-0.05, 0) is 39.2 Å². The molecule has 0 aliphatic carbocycles. The van der Waals surface area contributed by atoms with E-state index in [2.05, 4.69) is 34.2 Å². The second-order valence-corrected chi connectivity index (χ2v) is 7.12. The molecule has 0 saturated carbocycles. The Hall–Kier alpha value is -0.840. The number of alkyl halides is 2. The number of nitrogens with zero attached hydrogens (tertiary/aromatic N) is 1. The molecule has 0 radical (unpaired) electrons. The van der Waals surface area contributed by atoms with Crippen LogP contribution < -0.4 is 15.4 Å². The van der Waals surface area contributed by atoms with E-state index in [0.717, 1.165) is 0 Å². The fraction of sp³-hybridized carbons (Fsp3) is 0.562. The number of benzene rings is 1. The van der Waals surface area contributed by atoms with Crippen LogP contribution in [0.15, 0.2) is 23.2 Å². The van der Waals surface area contributed by atoms with Crippen LogP contribution in [0.5, 0.6) is 5.75 Å². The van der Waals surface area contributed by atoms with E-state index in [1.807, 2.05) is 13.2 Å². The number of hydrogen-bond acceptors (Lipinski definition) is 3. The Bertz CT molecular complexity index is 559. The standard InChI is InChI=1S/C16H24F3N3OS.HI/c1-5-20-15(22-10-16(2,3)24-4)21-9-11-12(17)7-6-8-13(11)23-14(18)19;/h6-8,14H,5,9-10H2,1-4H3,(H2,20,21,22);1H. The molecule has 0 fully saturated rings. The van der Waals surface area contributed by atoms with Crippen LogP contribution in [0.2, 0.25) is 0 Å². The topological polar surface area (TPSA) is 45.7 Å². The lowest BCUT2D eigenvalue weighted by molar-refractivity contribution is -0.0506. The van der Waals surface area contributed by atoms with Crippen molar-refractivity contribution in [2.45, 2.75) is 38.7 Å². The van der Waals surface area contributed by atoms with Gasteiger partial charge in [-0.2, -0.15) is 20.5 Å². The first kappa shape index (κ1) is 24.2. The summed E-state index contributed by atoms with van der Waals surface area (Å²) in [6.45, 7) is 4.23. The van der Waals surface area contributed by atoms with E-state index in [1.165, 1.54) is 18.2 Å². The molecule has 0 amide bonds. The Morgan fingerprint density at radius 1 is 1.32 bits per heavy atom. The average molecular weight is 491 g/mol. The summed E-state index contributed by atoms with van der Waals surface area (Å²) in [6.07, 6.45) is 2.01. The number of aliphatic imine (C=N–C) groups is 1. The van der Waals surface area contributed by atoms with E-state index in [9.17, 15) is 13.2 Å². The molecule has 9 heteroatoms. The zero-order chi connectivity index (χ0) is 18.2. The molecule has 144 valence electrons. The molecule has 0 heterocycles.